The van der Waals surface area contributed by atoms with Crippen molar-refractivity contribution in [1.29, 1.82) is 5.26 Å². The van der Waals surface area contributed by atoms with Crippen molar-refractivity contribution in [3.05, 3.63) is 29.6 Å². The van der Waals surface area contributed by atoms with Gasteiger partial charge >= 0.3 is 0 Å². The molecule has 0 amide bonds. The van der Waals surface area contributed by atoms with Crippen LogP contribution in [0, 0.1) is 23.1 Å². The van der Waals surface area contributed by atoms with E-state index in [2.05, 4.69) is 11.8 Å². The van der Waals surface area contributed by atoms with Crippen LogP contribution in [0.15, 0.2) is 18.2 Å². The molecule has 4 heteroatoms. The van der Waals surface area contributed by atoms with E-state index in [0.29, 0.717) is 24.2 Å². The molecular formula is C13H16FN3. The highest BCUT2D eigenvalue weighted by molar-refractivity contribution is 5.61. The fourth-order valence-electron chi connectivity index (χ4n) is 2.51. The summed E-state index contributed by atoms with van der Waals surface area (Å²) in [6.07, 6.45) is 0.998. The van der Waals surface area contributed by atoms with Crippen LogP contribution in [0.2, 0.25) is 0 Å². The van der Waals surface area contributed by atoms with Gasteiger partial charge in [-0.25, -0.2) is 4.39 Å². The van der Waals surface area contributed by atoms with Crippen molar-refractivity contribution in [3.8, 4) is 6.07 Å². The van der Waals surface area contributed by atoms with Crippen LogP contribution in [-0.4, -0.2) is 19.1 Å². The van der Waals surface area contributed by atoms with Gasteiger partial charge in [0.05, 0.1) is 5.69 Å². The zero-order chi connectivity index (χ0) is 12.4. The van der Waals surface area contributed by atoms with Gasteiger partial charge in [0.25, 0.3) is 0 Å². The third-order valence-electron chi connectivity index (χ3n) is 3.41. The van der Waals surface area contributed by atoms with Crippen LogP contribution in [0.1, 0.15) is 18.9 Å². The third-order valence-corrected chi connectivity index (χ3v) is 3.41. The van der Waals surface area contributed by atoms with Gasteiger partial charge in [0, 0.05) is 12.6 Å². The Morgan fingerprint density at radius 3 is 2.94 bits per heavy atom. The molecule has 1 heterocycles. The Hall–Kier alpha value is -1.60. The zero-order valence-corrected chi connectivity index (χ0v) is 9.86. The highest BCUT2D eigenvalue weighted by Gasteiger charge is 2.30. The predicted octanol–water partition coefficient (Wildman–Crippen LogP) is 1.87. The van der Waals surface area contributed by atoms with Gasteiger partial charge in [-0.15, -0.1) is 0 Å². The van der Waals surface area contributed by atoms with Gasteiger partial charge in [-0.05, 0) is 37.9 Å². The maximum absolute atomic E-state index is 13.5. The molecule has 1 saturated heterocycles. The molecule has 1 fully saturated rings. The fourth-order valence-corrected chi connectivity index (χ4v) is 2.51. The predicted molar refractivity (Wildman–Crippen MR) is 65.1 cm³/mol. The van der Waals surface area contributed by atoms with E-state index in [4.69, 9.17) is 11.0 Å². The molecule has 17 heavy (non-hydrogen) atoms. The maximum atomic E-state index is 13.5. The van der Waals surface area contributed by atoms with E-state index in [-0.39, 0.29) is 5.56 Å². The Morgan fingerprint density at radius 2 is 2.35 bits per heavy atom. The molecule has 90 valence electrons. The molecular weight excluding hydrogens is 217 g/mol. The Labute approximate surface area is 101 Å². The maximum Gasteiger partial charge on any atom is 0.143 e. The number of anilines is 1. The second-order valence-corrected chi connectivity index (χ2v) is 4.58. The summed E-state index contributed by atoms with van der Waals surface area (Å²) in [7, 11) is 0. The number of halogens is 1. The largest absolute Gasteiger partial charge is 0.367 e. The van der Waals surface area contributed by atoms with Crippen molar-refractivity contribution < 1.29 is 4.39 Å². The summed E-state index contributed by atoms with van der Waals surface area (Å²) in [5.41, 5.74) is 6.50. The average Bonchev–Trinajstić information content (AvgIpc) is 2.70. The molecule has 1 aliphatic heterocycles. The molecule has 0 spiro atoms. The van der Waals surface area contributed by atoms with Crippen LogP contribution in [0.25, 0.3) is 0 Å². The summed E-state index contributed by atoms with van der Waals surface area (Å²) in [6, 6.07) is 7.02. The number of benzene rings is 1. The van der Waals surface area contributed by atoms with Gasteiger partial charge in [0.1, 0.15) is 17.4 Å². The Bertz CT molecular complexity index is 452. The van der Waals surface area contributed by atoms with Crippen molar-refractivity contribution >= 4 is 5.69 Å². The number of nitriles is 1. The van der Waals surface area contributed by atoms with Gasteiger partial charge in [-0.2, -0.15) is 5.26 Å². The Kier molecular flexibility index (Phi) is 3.30. The second kappa shape index (κ2) is 4.72. The van der Waals surface area contributed by atoms with E-state index in [1.165, 1.54) is 6.07 Å². The van der Waals surface area contributed by atoms with Gasteiger partial charge in [0.2, 0.25) is 0 Å². The minimum atomic E-state index is -0.451. The SMILES string of the molecule is CC1CC(CN)CN1c1cccc(F)c1C#N. The Morgan fingerprint density at radius 1 is 1.59 bits per heavy atom. The normalized spacial score (nSPS) is 23.8. The monoisotopic (exact) mass is 233 g/mol. The molecule has 2 N–H and O–H groups in total. The minimum Gasteiger partial charge on any atom is -0.367 e. The molecule has 0 radical (unpaired) electrons. The topological polar surface area (TPSA) is 53.0 Å². The summed E-state index contributed by atoms with van der Waals surface area (Å²) >= 11 is 0. The average molecular weight is 233 g/mol. The second-order valence-electron chi connectivity index (χ2n) is 4.58. The van der Waals surface area contributed by atoms with E-state index < -0.39 is 5.82 Å². The molecule has 3 nitrogen and oxygen atoms in total. The van der Waals surface area contributed by atoms with Crippen molar-refractivity contribution in [2.24, 2.45) is 11.7 Å². The summed E-state index contributed by atoms with van der Waals surface area (Å²) in [4.78, 5) is 2.08. The van der Waals surface area contributed by atoms with Crippen LogP contribution in [0.4, 0.5) is 10.1 Å². The zero-order valence-electron chi connectivity index (χ0n) is 9.86. The van der Waals surface area contributed by atoms with E-state index in [0.717, 1.165) is 13.0 Å². The summed E-state index contributed by atoms with van der Waals surface area (Å²) in [5, 5.41) is 9.03. The first-order chi connectivity index (χ1) is 8.17. The van der Waals surface area contributed by atoms with Crippen LogP contribution >= 0.6 is 0 Å². The van der Waals surface area contributed by atoms with E-state index >= 15 is 0 Å². The van der Waals surface area contributed by atoms with Crippen LogP contribution in [0.5, 0.6) is 0 Å². The van der Waals surface area contributed by atoms with Gasteiger partial charge in [0.15, 0.2) is 0 Å². The lowest BCUT2D eigenvalue weighted by atomic mass is 10.1. The van der Waals surface area contributed by atoms with Crippen molar-refractivity contribution in [3.63, 3.8) is 0 Å². The molecule has 0 bridgehead atoms. The molecule has 0 aromatic heterocycles. The quantitative estimate of drug-likeness (QED) is 0.848. The summed E-state index contributed by atoms with van der Waals surface area (Å²) < 4.78 is 13.5. The number of hydrogen-bond acceptors (Lipinski definition) is 3. The first kappa shape index (κ1) is 11.9. The van der Waals surface area contributed by atoms with Crippen LogP contribution < -0.4 is 10.6 Å². The van der Waals surface area contributed by atoms with Gasteiger partial charge in [-0.1, -0.05) is 6.07 Å². The molecule has 1 aromatic carbocycles. The highest BCUT2D eigenvalue weighted by atomic mass is 19.1. The lowest BCUT2D eigenvalue weighted by molar-refractivity contribution is 0.579. The van der Waals surface area contributed by atoms with Gasteiger partial charge < -0.3 is 10.6 Å². The molecule has 0 saturated carbocycles. The van der Waals surface area contributed by atoms with Crippen molar-refractivity contribution in [2.45, 2.75) is 19.4 Å². The van der Waals surface area contributed by atoms with E-state index in [9.17, 15) is 4.39 Å². The smallest absolute Gasteiger partial charge is 0.143 e. The third kappa shape index (κ3) is 2.11. The summed E-state index contributed by atoms with van der Waals surface area (Å²) in [6.45, 7) is 3.52. The van der Waals surface area contributed by atoms with E-state index in [1.54, 1.807) is 12.1 Å². The van der Waals surface area contributed by atoms with E-state index in [1.807, 2.05) is 6.07 Å². The van der Waals surface area contributed by atoms with Crippen LogP contribution in [-0.2, 0) is 0 Å². The molecule has 2 atom stereocenters. The van der Waals surface area contributed by atoms with Crippen molar-refractivity contribution in [2.75, 3.05) is 18.0 Å². The fraction of sp³-hybridized carbons (Fsp3) is 0.462. The highest BCUT2D eigenvalue weighted by Crippen LogP contribution is 2.31. The number of nitrogens with zero attached hydrogens (tertiary/aromatic N) is 2. The first-order valence-electron chi connectivity index (χ1n) is 5.82. The minimum absolute atomic E-state index is 0.136. The Balaban J connectivity index is 2.35. The number of hydrogen-bond donors (Lipinski definition) is 1. The molecule has 1 aromatic rings. The molecule has 2 unspecified atom stereocenters. The number of rotatable bonds is 2. The number of nitrogens with two attached hydrogens (primary N) is 1. The lowest BCUT2D eigenvalue weighted by Gasteiger charge is -2.25. The van der Waals surface area contributed by atoms with Crippen LogP contribution in [0.3, 0.4) is 0 Å². The van der Waals surface area contributed by atoms with Gasteiger partial charge in [-0.3, -0.25) is 0 Å². The summed E-state index contributed by atoms with van der Waals surface area (Å²) in [5.74, 6) is -0.0202. The lowest BCUT2D eigenvalue weighted by Crippen LogP contribution is -2.28. The molecule has 1 aliphatic rings. The van der Waals surface area contributed by atoms with Crippen molar-refractivity contribution in [1.82, 2.24) is 0 Å². The molecule has 2 rings (SSSR count). The molecule has 0 aliphatic carbocycles. The standard InChI is InChI=1S/C13H16FN3/c1-9-5-10(6-15)8-17(9)13-4-2-3-12(14)11(13)7-16/h2-4,9-10H,5-6,8,15H2,1H3. The first-order valence-corrected chi connectivity index (χ1v) is 5.82.